The van der Waals surface area contributed by atoms with Gasteiger partial charge in [-0.25, -0.2) is 4.98 Å². The second-order valence-corrected chi connectivity index (χ2v) is 5.47. The van der Waals surface area contributed by atoms with E-state index in [9.17, 15) is 0 Å². The molecule has 0 atom stereocenters. The molecule has 0 bridgehead atoms. The Bertz CT molecular complexity index is 563. The Balaban J connectivity index is 2.06. The molecular formula is C13H14N2OS. The second kappa shape index (κ2) is 4.04. The van der Waals surface area contributed by atoms with Crippen LogP contribution in [0.5, 0.6) is 5.75 Å². The van der Waals surface area contributed by atoms with Crippen LogP contribution >= 0.6 is 11.3 Å². The van der Waals surface area contributed by atoms with Crippen LogP contribution in [0.25, 0.3) is 11.3 Å². The number of hydrogen-bond acceptors (Lipinski definition) is 4. The molecule has 17 heavy (non-hydrogen) atoms. The highest BCUT2D eigenvalue weighted by molar-refractivity contribution is 7.15. The van der Waals surface area contributed by atoms with E-state index < -0.39 is 0 Å². The maximum absolute atomic E-state index is 5.74. The fourth-order valence-electron chi connectivity index (χ4n) is 2.19. The molecule has 0 radical (unpaired) electrons. The summed E-state index contributed by atoms with van der Waals surface area (Å²) < 4.78 is 5.61. The maximum Gasteiger partial charge on any atom is 0.180 e. The minimum atomic E-state index is 0.631. The van der Waals surface area contributed by atoms with Crippen molar-refractivity contribution < 1.29 is 4.74 Å². The van der Waals surface area contributed by atoms with Crippen molar-refractivity contribution in [2.24, 2.45) is 0 Å². The number of aryl methyl sites for hydroxylation is 2. The quantitative estimate of drug-likeness (QED) is 0.841. The number of thiazole rings is 1. The maximum atomic E-state index is 5.74. The Morgan fingerprint density at radius 2 is 2.29 bits per heavy atom. The summed E-state index contributed by atoms with van der Waals surface area (Å²) in [5.41, 5.74) is 9.15. The Kier molecular flexibility index (Phi) is 2.52. The Morgan fingerprint density at radius 3 is 3.06 bits per heavy atom. The summed E-state index contributed by atoms with van der Waals surface area (Å²) in [5, 5.41) is 0.631. The molecular weight excluding hydrogens is 232 g/mol. The lowest BCUT2D eigenvalue weighted by molar-refractivity contribution is 0.288. The van der Waals surface area contributed by atoms with E-state index in [0.717, 1.165) is 36.5 Å². The van der Waals surface area contributed by atoms with Gasteiger partial charge in [0.15, 0.2) is 5.13 Å². The van der Waals surface area contributed by atoms with Gasteiger partial charge in [0.05, 0.1) is 12.3 Å². The van der Waals surface area contributed by atoms with E-state index >= 15 is 0 Å². The van der Waals surface area contributed by atoms with Gasteiger partial charge in [-0.15, -0.1) is 11.3 Å². The van der Waals surface area contributed by atoms with Crippen molar-refractivity contribution in [2.45, 2.75) is 19.8 Å². The summed E-state index contributed by atoms with van der Waals surface area (Å²) in [4.78, 5) is 5.55. The third-order valence-electron chi connectivity index (χ3n) is 3.00. The summed E-state index contributed by atoms with van der Waals surface area (Å²) in [6.07, 6.45) is 2.18. The zero-order valence-corrected chi connectivity index (χ0v) is 10.5. The number of nitrogens with zero attached hydrogens (tertiary/aromatic N) is 1. The largest absolute Gasteiger partial charge is 0.493 e. The third kappa shape index (κ3) is 1.89. The SMILES string of the molecule is Cc1sc(N)nc1-c1ccc2c(c1)CCCO2. The second-order valence-electron chi connectivity index (χ2n) is 4.23. The Labute approximate surface area is 104 Å². The summed E-state index contributed by atoms with van der Waals surface area (Å²) in [5.74, 6) is 1.01. The van der Waals surface area contributed by atoms with Gasteiger partial charge in [-0.1, -0.05) is 0 Å². The topological polar surface area (TPSA) is 48.1 Å². The highest BCUT2D eigenvalue weighted by Gasteiger charge is 2.14. The van der Waals surface area contributed by atoms with Crippen molar-refractivity contribution in [3.63, 3.8) is 0 Å². The number of nitrogens with two attached hydrogens (primary N) is 1. The molecule has 3 rings (SSSR count). The van der Waals surface area contributed by atoms with Crippen LogP contribution in [-0.2, 0) is 6.42 Å². The summed E-state index contributed by atoms with van der Waals surface area (Å²) in [7, 11) is 0. The van der Waals surface area contributed by atoms with Gasteiger partial charge in [0.25, 0.3) is 0 Å². The zero-order valence-electron chi connectivity index (χ0n) is 9.69. The molecule has 1 aromatic heterocycles. The minimum absolute atomic E-state index is 0.631. The highest BCUT2D eigenvalue weighted by Crippen LogP contribution is 2.33. The molecule has 4 heteroatoms. The number of ether oxygens (including phenoxy) is 1. The van der Waals surface area contributed by atoms with Crippen molar-refractivity contribution in [2.75, 3.05) is 12.3 Å². The molecule has 0 fully saturated rings. The predicted octanol–water partition coefficient (Wildman–Crippen LogP) is 3.03. The first-order valence-corrected chi connectivity index (χ1v) is 6.55. The van der Waals surface area contributed by atoms with Crippen LogP contribution in [0, 0.1) is 6.92 Å². The highest BCUT2D eigenvalue weighted by atomic mass is 32.1. The van der Waals surface area contributed by atoms with E-state index in [1.807, 2.05) is 6.07 Å². The van der Waals surface area contributed by atoms with Crippen LogP contribution in [0.15, 0.2) is 18.2 Å². The van der Waals surface area contributed by atoms with Crippen molar-refractivity contribution in [1.29, 1.82) is 0 Å². The number of rotatable bonds is 1. The zero-order chi connectivity index (χ0) is 11.8. The molecule has 2 N–H and O–H groups in total. The van der Waals surface area contributed by atoms with E-state index in [1.165, 1.54) is 21.8 Å². The fourth-order valence-corrected chi connectivity index (χ4v) is 2.90. The summed E-state index contributed by atoms with van der Waals surface area (Å²) >= 11 is 1.54. The van der Waals surface area contributed by atoms with E-state index in [-0.39, 0.29) is 0 Å². The first kappa shape index (κ1) is 10.6. The lowest BCUT2D eigenvalue weighted by atomic mass is 10.0. The average Bonchev–Trinajstić information content (AvgIpc) is 2.68. The number of nitrogen functional groups attached to an aromatic ring is 1. The first-order chi connectivity index (χ1) is 8.24. The van der Waals surface area contributed by atoms with Gasteiger partial charge in [-0.05, 0) is 43.5 Å². The number of benzene rings is 1. The fraction of sp³-hybridized carbons (Fsp3) is 0.308. The summed E-state index contributed by atoms with van der Waals surface area (Å²) in [6, 6.07) is 6.28. The van der Waals surface area contributed by atoms with Gasteiger partial charge in [-0.3, -0.25) is 0 Å². The standard InChI is InChI=1S/C13H14N2OS/c1-8-12(15-13(14)17-8)10-4-5-11-9(7-10)3-2-6-16-11/h4-5,7H,2-3,6H2,1H3,(H2,14,15). The van der Waals surface area contributed by atoms with Crippen molar-refractivity contribution in [1.82, 2.24) is 4.98 Å². The molecule has 0 spiro atoms. The Morgan fingerprint density at radius 1 is 1.41 bits per heavy atom. The van der Waals surface area contributed by atoms with Crippen molar-refractivity contribution in [3.05, 3.63) is 28.6 Å². The minimum Gasteiger partial charge on any atom is -0.493 e. The van der Waals surface area contributed by atoms with Gasteiger partial charge in [0.2, 0.25) is 0 Å². The van der Waals surface area contributed by atoms with E-state index in [2.05, 4.69) is 24.0 Å². The third-order valence-corrected chi connectivity index (χ3v) is 3.80. The lowest BCUT2D eigenvalue weighted by Crippen LogP contribution is -2.08. The van der Waals surface area contributed by atoms with E-state index in [1.54, 1.807) is 0 Å². The molecule has 0 aliphatic carbocycles. The van der Waals surface area contributed by atoms with E-state index in [4.69, 9.17) is 10.5 Å². The monoisotopic (exact) mass is 246 g/mol. The van der Waals surface area contributed by atoms with Crippen molar-refractivity contribution in [3.8, 4) is 17.0 Å². The van der Waals surface area contributed by atoms with Crippen LogP contribution in [0.3, 0.4) is 0 Å². The van der Waals surface area contributed by atoms with Crippen LogP contribution in [0.4, 0.5) is 5.13 Å². The number of hydrogen-bond donors (Lipinski definition) is 1. The molecule has 0 unspecified atom stereocenters. The molecule has 2 heterocycles. The van der Waals surface area contributed by atoms with Crippen LogP contribution in [0.2, 0.25) is 0 Å². The number of fused-ring (bicyclic) bond motifs is 1. The van der Waals surface area contributed by atoms with Gasteiger partial charge in [0.1, 0.15) is 5.75 Å². The molecule has 0 amide bonds. The normalized spacial score (nSPS) is 14.2. The number of anilines is 1. The summed E-state index contributed by atoms with van der Waals surface area (Å²) in [6.45, 7) is 2.88. The molecule has 88 valence electrons. The number of aromatic nitrogens is 1. The van der Waals surface area contributed by atoms with Gasteiger partial charge in [0, 0.05) is 10.4 Å². The molecule has 3 nitrogen and oxygen atoms in total. The van der Waals surface area contributed by atoms with Crippen LogP contribution < -0.4 is 10.5 Å². The Hall–Kier alpha value is -1.55. The first-order valence-electron chi connectivity index (χ1n) is 5.73. The average molecular weight is 246 g/mol. The van der Waals surface area contributed by atoms with Crippen LogP contribution in [-0.4, -0.2) is 11.6 Å². The molecule has 1 aliphatic rings. The van der Waals surface area contributed by atoms with E-state index in [0.29, 0.717) is 5.13 Å². The smallest absolute Gasteiger partial charge is 0.180 e. The molecule has 0 saturated carbocycles. The van der Waals surface area contributed by atoms with Gasteiger partial charge < -0.3 is 10.5 Å². The van der Waals surface area contributed by atoms with Gasteiger partial charge in [-0.2, -0.15) is 0 Å². The van der Waals surface area contributed by atoms with Gasteiger partial charge >= 0.3 is 0 Å². The molecule has 1 aromatic carbocycles. The molecule has 1 aliphatic heterocycles. The molecule has 2 aromatic rings. The van der Waals surface area contributed by atoms with Crippen LogP contribution in [0.1, 0.15) is 16.9 Å². The lowest BCUT2D eigenvalue weighted by Gasteiger charge is -2.17. The molecule has 0 saturated heterocycles. The predicted molar refractivity (Wildman–Crippen MR) is 70.5 cm³/mol. The van der Waals surface area contributed by atoms with Crippen molar-refractivity contribution >= 4 is 16.5 Å².